The predicted molar refractivity (Wildman–Crippen MR) is 88.3 cm³/mol. The maximum atomic E-state index is 12.0. The molecule has 1 aliphatic rings. The molecule has 8 nitrogen and oxygen atoms in total. The number of hydrogen-bond acceptors (Lipinski definition) is 5. The van der Waals surface area contributed by atoms with Crippen molar-refractivity contribution in [3.05, 3.63) is 36.8 Å². The van der Waals surface area contributed by atoms with Crippen molar-refractivity contribution >= 4 is 6.03 Å². The Morgan fingerprint density at radius 1 is 1.33 bits per heavy atom. The number of nitrogens with zero attached hydrogens (tertiary/aromatic N) is 4. The van der Waals surface area contributed by atoms with Crippen LogP contribution in [0.15, 0.2) is 35.5 Å². The zero-order valence-corrected chi connectivity index (χ0v) is 13.7. The van der Waals surface area contributed by atoms with Gasteiger partial charge in [-0.2, -0.15) is 5.10 Å². The molecular formula is C16H24N6O2. The Bertz CT molecular complexity index is 592. The van der Waals surface area contributed by atoms with Crippen LogP contribution in [0.1, 0.15) is 31.1 Å². The molecule has 8 heteroatoms. The van der Waals surface area contributed by atoms with Gasteiger partial charge in [0.1, 0.15) is 18.4 Å². The van der Waals surface area contributed by atoms with E-state index >= 15 is 0 Å². The smallest absolute Gasteiger partial charge is 0.314 e. The third kappa shape index (κ3) is 4.58. The number of aromatic nitrogens is 3. The van der Waals surface area contributed by atoms with E-state index in [0.29, 0.717) is 13.1 Å². The maximum Gasteiger partial charge on any atom is 0.314 e. The Hall–Kier alpha value is -2.35. The lowest BCUT2D eigenvalue weighted by Crippen LogP contribution is -2.41. The summed E-state index contributed by atoms with van der Waals surface area (Å²) in [6.45, 7) is 3.98. The topological polar surface area (TPSA) is 88.2 Å². The van der Waals surface area contributed by atoms with Crippen LogP contribution in [0.3, 0.4) is 0 Å². The lowest BCUT2D eigenvalue weighted by atomic mass is 10.2. The minimum Gasteiger partial charge on any atom is -0.468 e. The summed E-state index contributed by atoms with van der Waals surface area (Å²) in [4.78, 5) is 18.2. The minimum absolute atomic E-state index is 0.100. The molecule has 2 N–H and O–H groups in total. The van der Waals surface area contributed by atoms with E-state index in [0.717, 1.165) is 31.8 Å². The van der Waals surface area contributed by atoms with E-state index < -0.39 is 0 Å². The first-order chi connectivity index (χ1) is 11.8. The van der Waals surface area contributed by atoms with E-state index in [1.54, 1.807) is 17.3 Å². The van der Waals surface area contributed by atoms with Crippen molar-refractivity contribution in [2.45, 2.75) is 31.8 Å². The van der Waals surface area contributed by atoms with Gasteiger partial charge in [-0.3, -0.25) is 9.58 Å². The van der Waals surface area contributed by atoms with Crippen molar-refractivity contribution in [3.63, 3.8) is 0 Å². The summed E-state index contributed by atoms with van der Waals surface area (Å²) in [6, 6.07) is 3.82. The van der Waals surface area contributed by atoms with E-state index in [4.69, 9.17) is 4.42 Å². The fraction of sp³-hybridized carbons (Fsp3) is 0.562. The van der Waals surface area contributed by atoms with Crippen LogP contribution in [-0.2, 0) is 6.54 Å². The number of rotatable bonds is 8. The van der Waals surface area contributed by atoms with E-state index in [2.05, 4.69) is 25.6 Å². The van der Waals surface area contributed by atoms with Crippen LogP contribution in [0.5, 0.6) is 0 Å². The highest BCUT2D eigenvalue weighted by molar-refractivity contribution is 5.73. The van der Waals surface area contributed by atoms with Gasteiger partial charge in [-0.15, -0.1) is 0 Å². The molecule has 1 fully saturated rings. The molecule has 0 saturated carbocycles. The molecule has 3 heterocycles. The number of carbonyl (C=O) groups excluding carboxylic acids is 1. The van der Waals surface area contributed by atoms with E-state index in [1.807, 2.05) is 12.1 Å². The van der Waals surface area contributed by atoms with Crippen molar-refractivity contribution in [3.8, 4) is 0 Å². The average Bonchev–Trinajstić information content (AvgIpc) is 3.34. The molecule has 1 atom stereocenters. The molecule has 2 amide bonds. The second-order valence-electron chi connectivity index (χ2n) is 5.92. The van der Waals surface area contributed by atoms with Gasteiger partial charge in [0.25, 0.3) is 0 Å². The molecular weight excluding hydrogens is 308 g/mol. The molecule has 1 unspecified atom stereocenters. The number of nitrogens with one attached hydrogen (secondary N) is 2. The first kappa shape index (κ1) is 16.5. The van der Waals surface area contributed by atoms with Crippen LogP contribution < -0.4 is 10.6 Å². The monoisotopic (exact) mass is 332 g/mol. The number of amides is 2. The van der Waals surface area contributed by atoms with Gasteiger partial charge in [0.05, 0.1) is 12.3 Å². The number of carbonyl (C=O) groups is 1. The molecule has 2 aromatic heterocycles. The summed E-state index contributed by atoms with van der Waals surface area (Å²) in [5.41, 5.74) is 0. The van der Waals surface area contributed by atoms with Gasteiger partial charge in [-0.25, -0.2) is 9.78 Å². The number of urea groups is 1. The third-order valence-electron chi connectivity index (χ3n) is 4.23. The fourth-order valence-corrected chi connectivity index (χ4v) is 2.99. The van der Waals surface area contributed by atoms with Crippen LogP contribution in [0.25, 0.3) is 0 Å². The van der Waals surface area contributed by atoms with Gasteiger partial charge in [-0.05, 0) is 44.5 Å². The van der Waals surface area contributed by atoms with Crippen LogP contribution in [-0.4, -0.2) is 51.9 Å². The van der Waals surface area contributed by atoms with Gasteiger partial charge >= 0.3 is 6.03 Å². The highest BCUT2D eigenvalue weighted by Gasteiger charge is 2.25. The Labute approximate surface area is 141 Å². The zero-order valence-electron chi connectivity index (χ0n) is 13.7. The number of furan rings is 1. The van der Waals surface area contributed by atoms with E-state index in [9.17, 15) is 4.79 Å². The van der Waals surface area contributed by atoms with Crippen molar-refractivity contribution in [1.29, 1.82) is 0 Å². The van der Waals surface area contributed by atoms with E-state index in [-0.39, 0.29) is 12.1 Å². The Balaban J connectivity index is 1.39. The Kier molecular flexibility index (Phi) is 5.84. The summed E-state index contributed by atoms with van der Waals surface area (Å²) >= 11 is 0. The normalized spacial score (nSPS) is 16.2. The van der Waals surface area contributed by atoms with Crippen LogP contribution in [0.4, 0.5) is 4.79 Å². The Morgan fingerprint density at radius 2 is 2.21 bits per heavy atom. The second-order valence-corrected chi connectivity index (χ2v) is 5.92. The first-order valence-electron chi connectivity index (χ1n) is 8.44. The first-order valence-corrected chi connectivity index (χ1v) is 8.44. The van der Waals surface area contributed by atoms with Crippen molar-refractivity contribution < 1.29 is 9.21 Å². The van der Waals surface area contributed by atoms with Gasteiger partial charge in [-0.1, -0.05) is 0 Å². The predicted octanol–water partition coefficient (Wildman–Crippen LogP) is 1.40. The summed E-state index contributed by atoms with van der Waals surface area (Å²) in [7, 11) is 0. The standard InChI is InChI=1S/C16H24N6O2/c23-16(18-6-4-9-22-13-17-12-20-22)19-11-14(15-5-3-10-24-15)21-7-1-2-8-21/h3,5,10,12-14H,1-2,4,6-9,11H2,(H2,18,19,23). The molecule has 0 bridgehead atoms. The Morgan fingerprint density at radius 3 is 2.92 bits per heavy atom. The number of aryl methyl sites for hydroxylation is 1. The van der Waals surface area contributed by atoms with Crippen LogP contribution in [0, 0.1) is 0 Å². The largest absolute Gasteiger partial charge is 0.468 e. The van der Waals surface area contributed by atoms with Gasteiger partial charge in [0, 0.05) is 19.6 Å². The average molecular weight is 332 g/mol. The molecule has 3 rings (SSSR count). The number of hydrogen-bond donors (Lipinski definition) is 2. The van der Waals surface area contributed by atoms with Crippen LogP contribution in [0.2, 0.25) is 0 Å². The summed E-state index contributed by atoms with van der Waals surface area (Å²) in [6.07, 6.45) is 8.07. The van der Waals surface area contributed by atoms with Crippen molar-refractivity contribution in [2.24, 2.45) is 0 Å². The molecule has 0 spiro atoms. The molecule has 2 aromatic rings. The molecule has 1 aliphatic heterocycles. The summed E-state index contributed by atoms with van der Waals surface area (Å²) < 4.78 is 7.30. The van der Waals surface area contributed by atoms with Gasteiger partial charge < -0.3 is 15.1 Å². The van der Waals surface area contributed by atoms with Gasteiger partial charge in [0.2, 0.25) is 0 Å². The third-order valence-corrected chi connectivity index (χ3v) is 4.23. The molecule has 24 heavy (non-hydrogen) atoms. The SMILES string of the molecule is O=C(NCCCn1cncn1)NCC(c1ccco1)N1CCCC1. The highest BCUT2D eigenvalue weighted by Crippen LogP contribution is 2.24. The minimum atomic E-state index is -0.149. The summed E-state index contributed by atoms with van der Waals surface area (Å²) in [5.74, 6) is 0.906. The molecule has 1 saturated heterocycles. The molecule has 130 valence electrons. The maximum absolute atomic E-state index is 12.0. The quantitative estimate of drug-likeness (QED) is 0.713. The molecule has 0 radical (unpaired) electrons. The lowest BCUT2D eigenvalue weighted by molar-refractivity contribution is 0.203. The van der Waals surface area contributed by atoms with Crippen molar-refractivity contribution in [1.82, 2.24) is 30.3 Å². The summed E-state index contributed by atoms with van der Waals surface area (Å²) in [5, 5.41) is 9.86. The van der Waals surface area contributed by atoms with Gasteiger partial charge in [0.15, 0.2) is 0 Å². The number of likely N-dealkylation sites (tertiary alicyclic amines) is 1. The van der Waals surface area contributed by atoms with E-state index in [1.165, 1.54) is 19.2 Å². The zero-order chi connectivity index (χ0) is 16.6. The fourth-order valence-electron chi connectivity index (χ4n) is 2.99. The van der Waals surface area contributed by atoms with Crippen LogP contribution >= 0.6 is 0 Å². The molecule has 0 aliphatic carbocycles. The van der Waals surface area contributed by atoms with Crippen molar-refractivity contribution in [2.75, 3.05) is 26.2 Å². The molecule has 0 aromatic carbocycles. The highest BCUT2D eigenvalue weighted by atomic mass is 16.3. The lowest BCUT2D eigenvalue weighted by Gasteiger charge is -2.26. The second kappa shape index (κ2) is 8.49.